The van der Waals surface area contributed by atoms with E-state index in [4.69, 9.17) is 9.97 Å². The number of hydrogen-bond donors (Lipinski definition) is 2. The molecule has 4 heterocycles. The molecule has 8 nitrogen and oxygen atoms in total. The minimum Gasteiger partial charge on any atom is -0.368 e. The van der Waals surface area contributed by atoms with Gasteiger partial charge in [-0.1, -0.05) is 6.07 Å². The van der Waals surface area contributed by atoms with Crippen LogP contribution in [0.1, 0.15) is 19.9 Å². The number of pyridine rings is 2. The summed E-state index contributed by atoms with van der Waals surface area (Å²) in [6.45, 7) is 5.59. The number of nitrogens with zero attached hydrogens (tertiary/aromatic N) is 6. The van der Waals surface area contributed by atoms with Gasteiger partial charge in [0.1, 0.15) is 11.3 Å². The van der Waals surface area contributed by atoms with Crippen LogP contribution in [-0.2, 0) is 0 Å². The maximum atomic E-state index is 4.75. The van der Waals surface area contributed by atoms with E-state index in [1.54, 1.807) is 18.6 Å². The highest BCUT2D eigenvalue weighted by Crippen LogP contribution is 2.25. The molecule has 4 aromatic rings. The van der Waals surface area contributed by atoms with E-state index in [-0.39, 0.29) is 6.04 Å². The molecule has 4 aromatic heterocycles. The molecule has 0 aliphatic heterocycles. The number of rotatable bonds is 7. The van der Waals surface area contributed by atoms with Crippen molar-refractivity contribution in [3.63, 3.8) is 0 Å². The Morgan fingerprint density at radius 1 is 0.964 bits per heavy atom. The Kier molecular flexibility index (Phi) is 5.09. The Morgan fingerprint density at radius 3 is 2.61 bits per heavy atom. The van der Waals surface area contributed by atoms with Crippen LogP contribution < -0.4 is 10.6 Å². The standard InChI is InChI=1S/C20H22N8/c1-14(2)28-13-25-17-19(24-11-10-23-16-7-3-4-9-22-16)26-18(27-20(17)28)15-6-5-8-21-12-15/h3-9,12-14H,10-11H2,1-2H3,(H,22,23)(H,24,26,27). The number of aromatic nitrogens is 6. The van der Waals surface area contributed by atoms with Gasteiger partial charge in [-0.3, -0.25) is 4.98 Å². The Labute approximate surface area is 163 Å². The molecule has 0 aliphatic rings. The van der Waals surface area contributed by atoms with E-state index in [0.717, 1.165) is 22.5 Å². The molecule has 0 fully saturated rings. The van der Waals surface area contributed by atoms with Crippen LogP contribution >= 0.6 is 0 Å². The number of anilines is 2. The lowest BCUT2D eigenvalue weighted by Crippen LogP contribution is -2.15. The quantitative estimate of drug-likeness (QED) is 0.479. The van der Waals surface area contributed by atoms with Crippen LogP contribution in [0.4, 0.5) is 11.6 Å². The summed E-state index contributed by atoms with van der Waals surface area (Å²) in [6.07, 6.45) is 7.09. The van der Waals surface area contributed by atoms with Gasteiger partial charge in [0.25, 0.3) is 0 Å². The molecular weight excluding hydrogens is 352 g/mol. The summed E-state index contributed by atoms with van der Waals surface area (Å²) in [5.74, 6) is 2.19. The molecule has 0 amide bonds. The average molecular weight is 374 g/mol. The molecular formula is C20H22N8. The van der Waals surface area contributed by atoms with Gasteiger partial charge < -0.3 is 15.2 Å². The molecule has 2 N–H and O–H groups in total. The van der Waals surface area contributed by atoms with Crippen LogP contribution in [0.15, 0.2) is 55.2 Å². The van der Waals surface area contributed by atoms with Crippen molar-refractivity contribution in [1.29, 1.82) is 0 Å². The summed E-state index contributed by atoms with van der Waals surface area (Å²) in [5.41, 5.74) is 2.44. The highest BCUT2D eigenvalue weighted by Gasteiger charge is 2.15. The SMILES string of the molecule is CC(C)n1cnc2c(NCCNc3ccccn3)nc(-c3cccnc3)nc21. The highest BCUT2D eigenvalue weighted by atomic mass is 15.2. The molecule has 0 spiro atoms. The van der Waals surface area contributed by atoms with Gasteiger partial charge in [0.05, 0.1) is 6.33 Å². The van der Waals surface area contributed by atoms with Crippen LogP contribution in [0, 0.1) is 0 Å². The second kappa shape index (κ2) is 7.99. The van der Waals surface area contributed by atoms with Crippen LogP contribution in [-0.4, -0.2) is 42.6 Å². The summed E-state index contributed by atoms with van der Waals surface area (Å²) in [5, 5.41) is 6.66. The molecule has 0 saturated carbocycles. The Morgan fingerprint density at radius 2 is 1.86 bits per heavy atom. The van der Waals surface area contributed by atoms with Crippen LogP contribution in [0.3, 0.4) is 0 Å². The van der Waals surface area contributed by atoms with Crippen molar-refractivity contribution < 1.29 is 0 Å². The predicted molar refractivity (Wildman–Crippen MR) is 110 cm³/mol. The number of imidazole rings is 1. The Bertz CT molecular complexity index is 1040. The van der Waals surface area contributed by atoms with E-state index in [0.29, 0.717) is 24.7 Å². The fourth-order valence-corrected chi connectivity index (χ4v) is 2.88. The summed E-state index contributed by atoms with van der Waals surface area (Å²) in [6, 6.07) is 9.87. The van der Waals surface area contributed by atoms with Crippen LogP contribution in [0.5, 0.6) is 0 Å². The van der Waals surface area contributed by atoms with Gasteiger partial charge >= 0.3 is 0 Å². The Balaban J connectivity index is 1.60. The first-order valence-electron chi connectivity index (χ1n) is 9.26. The summed E-state index contributed by atoms with van der Waals surface area (Å²) < 4.78 is 2.05. The lowest BCUT2D eigenvalue weighted by Gasteiger charge is -2.11. The number of fused-ring (bicyclic) bond motifs is 1. The van der Waals surface area contributed by atoms with Gasteiger partial charge in [-0.2, -0.15) is 0 Å². The highest BCUT2D eigenvalue weighted by molar-refractivity contribution is 5.85. The first kappa shape index (κ1) is 17.8. The summed E-state index contributed by atoms with van der Waals surface area (Å²) >= 11 is 0. The minimum atomic E-state index is 0.250. The Hall–Kier alpha value is -3.55. The van der Waals surface area contributed by atoms with Crippen molar-refractivity contribution in [2.24, 2.45) is 0 Å². The molecule has 0 radical (unpaired) electrons. The van der Waals surface area contributed by atoms with E-state index >= 15 is 0 Å². The molecule has 0 atom stereocenters. The lowest BCUT2D eigenvalue weighted by atomic mass is 10.2. The molecule has 0 aliphatic carbocycles. The third kappa shape index (κ3) is 3.75. The fourth-order valence-electron chi connectivity index (χ4n) is 2.88. The van der Waals surface area contributed by atoms with Crippen molar-refractivity contribution in [2.45, 2.75) is 19.9 Å². The normalized spacial score (nSPS) is 11.1. The minimum absolute atomic E-state index is 0.250. The van der Waals surface area contributed by atoms with Crippen molar-refractivity contribution in [2.75, 3.05) is 23.7 Å². The van der Waals surface area contributed by atoms with Crippen molar-refractivity contribution in [1.82, 2.24) is 29.5 Å². The van der Waals surface area contributed by atoms with Crippen molar-refractivity contribution >= 4 is 22.8 Å². The fraction of sp³-hybridized carbons (Fsp3) is 0.250. The number of nitrogens with one attached hydrogen (secondary N) is 2. The van der Waals surface area contributed by atoms with Crippen molar-refractivity contribution in [3.8, 4) is 11.4 Å². The zero-order valence-corrected chi connectivity index (χ0v) is 15.9. The van der Waals surface area contributed by atoms with E-state index < -0.39 is 0 Å². The van der Waals surface area contributed by atoms with E-state index in [1.165, 1.54) is 0 Å². The molecule has 0 saturated heterocycles. The summed E-state index contributed by atoms with van der Waals surface area (Å²) in [7, 11) is 0. The van der Waals surface area contributed by atoms with E-state index in [2.05, 4.69) is 39.4 Å². The van der Waals surface area contributed by atoms with Gasteiger partial charge in [-0.25, -0.2) is 19.9 Å². The van der Waals surface area contributed by atoms with E-state index in [1.807, 2.05) is 41.2 Å². The second-order valence-electron chi connectivity index (χ2n) is 6.62. The van der Waals surface area contributed by atoms with Gasteiger partial charge in [-0.15, -0.1) is 0 Å². The van der Waals surface area contributed by atoms with Gasteiger partial charge in [-0.05, 0) is 38.1 Å². The molecule has 142 valence electrons. The van der Waals surface area contributed by atoms with Gasteiger partial charge in [0.15, 0.2) is 17.3 Å². The van der Waals surface area contributed by atoms with Crippen LogP contribution in [0.25, 0.3) is 22.6 Å². The topological polar surface area (TPSA) is 93.4 Å². The monoisotopic (exact) mass is 374 g/mol. The van der Waals surface area contributed by atoms with Gasteiger partial charge in [0.2, 0.25) is 0 Å². The third-order valence-corrected chi connectivity index (χ3v) is 4.29. The molecule has 0 bridgehead atoms. The second-order valence-corrected chi connectivity index (χ2v) is 6.62. The largest absolute Gasteiger partial charge is 0.368 e. The molecule has 0 aromatic carbocycles. The predicted octanol–water partition coefficient (Wildman–Crippen LogP) is 3.39. The molecule has 4 rings (SSSR count). The third-order valence-electron chi connectivity index (χ3n) is 4.29. The zero-order valence-electron chi connectivity index (χ0n) is 15.9. The molecule has 8 heteroatoms. The first-order chi connectivity index (χ1) is 13.7. The maximum Gasteiger partial charge on any atom is 0.166 e. The number of hydrogen-bond acceptors (Lipinski definition) is 7. The van der Waals surface area contributed by atoms with Crippen LogP contribution in [0.2, 0.25) is 0 Å². The first-order valence-corrected chi connectivity index (χ1v) is 9.26. The average Bonchev–Trinajstić information content (AvgIpc) is 3.17. The van der Waals surface area contributed by atoms with E-state index in [9.17, 15) is 0 Å². The molecule has 28 heavy (non-hydrogen) atoms. The maximum absolute atomic E-state index is 4.75. The summed E-state index contributed by atoms with van der Waals surface area (Å²) in [4.78, 5) is 22.4. The van der Waals surface area contributed by atoms with Crippen molar-refractivity contribution in [3.05, 3.63) is 55.2 Å². The van der Waals surface area contributed by atoms with Gasteiger partial charge in [0, 0.05) is 43.3 Å². The lowest BCUT2D eigenvalue weighted by molar-refractivity contribution is 0.613. The smallest absolute Gasteiger partial charge is 0.166 e. The zero-order chi connectivity index (χ0) is 19.3. The molecule has 0 unspecified atom stereocenters.